The van der Waals surface area contributed by atoms with Crippen LogP contribution in [0.4, 0.5) is 0 Å². The quantitative estimate of drug-likeness (QED) is 0.210. The van der Waals surface area contributed by atoms with Crippen molar-refractivity contribution in [3.63, 3.8) is 0 Å². The lowest BCUT2D eigenvalue weighted by molar-refractivity contribution is 0.669. The summed E-state index contributed by atoms with van der Waals surface area (Å²) in [6, 6.07) is 45.3. The third-order valence-electron chi connectivity index (χ3n) is 8.96. The zero-order valence-electron chi connectivity index (χ0n) is 25.2. The second kappa shape index (κ2) is 10.6. The highest BCUT2D eigenvalue weighted by Gasteiger charge is 2.20. The molecular weight excluding hydrogens is 576 g/mol. The van der Waals surface area contributed by atoms with Gasteiger partial charge in [-0.1, -0.05) is 115 Å². The molecule has 220 valence electrons. The van der Waals surface area contributed by atoms with Gasteiger partial charge in [0.2, 0.25) is 0 Å². The van der Waals surface area contributed by atoms with Crippen molar-refractivity contribution >= 4 is 50.2 Å². The van der Waals surface area contributed by atoms with Gasteiger partial charge in [0.1, 0.15) is 11.2 Å². The largest absolute Gasteiger partial charge is 0.455 e. The maximum atomic E-state index is 8.61. The Balaban J connectivity index is 1.29. The minimum atomic E-state index is 0.219. The average Bonchev–Trinajstić information content (AvgIpc) is 3.52. The number of aromatic nitrogens is 2. The first kappa shape index (κ1) is 26.9. The van der Waals surface area contributed by atoms with Gasteiger partial charge in [0.15, 0.2) is 5.82 Å². The summed E-state index contributed by atoms with van der Waals surface area (Å²) < 4.78 is 6.43. The summed E-state index contributed by atoms with van der Waals surface area (Å²) in [4.78, 5) is 10.4. The third-order valence-corrected chi connectivity index (χ3v) is 8.96. The van der Waals surface area contributed by atoms with Gasteiger partial charge in [-0.3, -0.25) is 10.8 Å². The number of nitrogens with one attached hydrogen (secondary N) is 2. The molecule has 6 aromatic carbocycles. The standard InChI is InChI=1S/C42H26N4O/c43-35-22-20-26-17-18-27-23-28(19-21-30(27)39(26)40(35)44)36-24-37(31-12-5-4-11-29(31)25-9-2-1-3-10-25)46-42(45-36)34-15-8-14-33-32-13-6-7-16-38(32)47-41(33)34/h1-24,43-44H. The second-order valence-corrected chi connectivity index (χ2v) is 11.7. The van der Waals surface area contributed by atoms with Crippen LogP contribution in [-0.2, 0) is 0 Å². The Kier molecular flexibility index (Phi) is 6.05. The van der Waals surface area contributed by atoms with E-state index in [1.54, 1.807) is 6.08 Å². The highest BCUT2D eigenvalue weighted by atomic mass is 16.3. The van der Waals surface area contributed by atoms with Gasteiger partial charge in [-0.2, -0.15) is 0 Å². The molecule has 0 fully saturated rings. The molecule has 2 N–H and O–H groups in total. The molecule has 0 bridgehead atoms. The highest BCUT2D eigenvalue weighted by molar-refractivity contribution is 6.53. The van der Waals surface area contributed by atoms with E-state index in [0.29, 0.717) is 5.82 Å². The monoisotopic (exact) mass is 602 g/mol. The Morgan fingerprint density at radius 1 is 0.511 bits per heavy atom. The Morgan fingerprint density at radius 3 is 2.15 bits per heavy atom. The molecular formula is C42H26N4O. The zero-order valence-corrected chi connectivity index (χ0v) is 25.2. The van der Waals surface area contributed by atoms with E-state index in [0.717, 1.165) is 83.0 Å². The topological polar surface area (TPSA) is 86.6 Å². The van der Waals surface area contributed by atoms with E-state index in [-0.39, 0.29) is 11.4 Å². The highest BCUT2D eigenvalue weighted by Crippen LogP contribution is 2.39. The fraction of sp³-hybridized carbons (Fsp3) is 0. The summed E-state index contributed by atoms with van der Waals surface area (Å²) in [7, 11) is 0. The molecule has 47 heavy (non-hydrogen) atoms. The van der Waals surface area contributed by atoms with Crippen molar-refractivity contribution in [2.75, 3.05) is 0 Å². The summed E-state index contributed by atoms with van der Waals surface area (Å²) in [5.74, 6) is 0.580. The number of fused-ring (bicyclic) bond motifs is 6. The molecule has 2 aromatic heterocycles. The molecule has 1 aliphatic carbocycles. The number of para-hydroxylation sites is 2. The maximum absolute atomic E-state index is 8.61. The number of furan rings is 1. The zero-order chi connectivity index (χ0) is 31.5. The van der Waals surface area contributed by atoms with Crippen LogP contribution in [0, 0.1) is 10.8 Å². The molecule has 0 saturated carbocycles. The van der Waals surface area contributed by atoms with Crippen molar-refractivity contribution in [3.05, 3.63) is 151 Å². The Labute approximate surface area is 270 Å². The Morgan fingerprint density at radius 2 is 1.26 bits per heavy atom. The van der Waals surface area contributed by atoms with Crippen LogP contribution in [-0.4, -0.2) is 21.4 Å². The molecule has 2 heterocycles. The molecule has 0 atom stereocenters. The predicted molar refractivity (Wildman–Crippen MR) is 192 cm³/mol. The SMILES string of the molecule is N=C1C=Cc2ccc3cc(-c4cc(-c5ccccc5-c5ccccc5)nc(-c5cccc6c5oc5ccccc56)n4)ccc3c2C1=N. The number of benzene rings is 6. The smallest absolute Gasteiger partial charge is 0.164 e. The van der Waals surface area contributed by atoms with Gasteiger partial charge in [0, 0.05) is 27.5 Å². The van der Waals surface area contributed by atoms with Crippen molar-refractivity contribution in [2.24, 2.45) is 0 Å². The van der Waals surface area contributed by atoms with E-state index in [9.17, 15) is 0 Å². The van der Waals surface area contributed by atoms with Crippen LogP contribution in [0.25, 0.3) is 83.8 Å². The van der Waals surface area contributed by atoms with Crippen molar-refractivity contribution in [2.45, 2.75) is 0 Å². The lowest BCUT2D eigenvalue weighted by Gasteiger charge is -2.16. The van der Waals surface area contributed by atoms with Gasteiger partial charge in [-0.05, 0) is 57.8 Å². The van der Waals surface area contributed by atoms with Crippen LogP contribution in [0.15, 0.2) is 144 Å². The summed E-state index contributed by atoms with van der Waals surface area (Å²) in [6.07, 6.45) is 3.60. The Bertz CT molecular complexity index is 2610. The summed E-state index contributed by atoms with van der Waals surface area (Å²) >= 11 is 0. The molecule has 0 saturated heterocycles. The molecule has 9 rings (SSSR count). The Hall–Kier alpha value is -6.46. The lowest BCUT2D eigenvalue weighted by Crippen LogP contribution is -2.16. The van der Waals surface area contributed by atoms with Gasteiger partial charge in [-0.15, -0.1) is 0 Å². The molecule has 0 aliphatic heterocycles. The fourth-order valence-electron chi connectivity index (χ4n) is 6.67. The van der Waals surface area contributed by atoms with Crippen molar-refractivity contribution < 1.29 is 4.42 Å². The van der Waals surface area contributed by atoms with Crippen molar-refractivity contribution in [1.82, 2.24) is 9.97 Å². The predicted octanol–water partition coefficient (Wildman–Crippen LogP) is 10.6. The summed E-state index contributed by atoms with van der Waals surface area (Å²) in [5, 5.41) is 20.9. The van der Waals surface area contributed by atoms with Crippen molar-refractivity contribution in [3.8, 4) is 45.0 Å². The second-order valence-electron chi connectivity index (χ2n) is 11.7. The molecule has 0 spiro atoms. The van der Waals surface area contributed by atoms with Gasteiger partial charge >= 0.3 is 0 Å². The number of hydrogen-bond acceptors (Lipinski definition) is 5. The molecule has 5 nitrogen and oxygen atoms in total. The van der Waals surface area contributed by atoms with E-state index in [1.165, 1.54) is 0 Å². The molecule has 0 amide bonds. The maximum Gasteiger partial charge on any atom is 0.164 e. The van der Waals surface area contributed by atoms with Crippen molar-refractivity contribution in [1.29, 1.82) is 10.8 Å². The van der Waals surface area contributed by atoms with E-state index >= 15 is 0 Å². The normalized spacial score (nSPS) is 12.7. The number of allylic oxidation sites excluding steroid dienone is 1. The van der Waals surface area contributed by atoms with Crippen LogP contribution in [0.5, 0.6) is 0 Å². The minimum Gasteiger partial charge on any atom is -0.455 e. The molecule has 0 unspecified atom stereocenters. The average molecular weight is 603 g/mol. The van der Waals surface area contributed by atoms with Crippen LogP contribution >= 0.6 is 0 Å². The van der Waals surface area contributed by atoms with Gasteiger partial charge in [0.25, 0.3) is 0 Å². The van der Waals surface area contributed by atoms with Gasteiger partial charge in [0.05, 0.1) is 28.4 Å². The van der Waals surface area contributed by atoms with E-state index in [2.05, 4.69) is 78.9 Å². The van der Waals surface area contributed by atoms with E-state index in [4.69, 9.17) is 25.2 Å². The van der Waals surface area contributed by atoms with Crippen LogP contribution in [0.2, 0.25) is 0 Å². The van der Waals surface area contributed by atoms with Crippen LogP contribution < -0.4 is 0 Å². The number of nitrogens with zero attached hydrogens (tertiary/aromatic N) is 2. The van der Waals surface area contributed by atoms with Gasteiger partial charge in [-0.25, -0.2) is 9.97 Å². The summed E-state index contributed by atoms with van der Waals surface area (Å²) in [6.45, 7) is 0. The molecule has 1 aliphatic rings. The molecule has 5 heteroatoms. The number of hydrogen-bond donors (Lipinski definition) is 2. The first-order valence-electron chi connectivity index (χ1n) is 15.5. The first-order valence-corrected chi connectivity index (χ1v) is 15.5. The van der Waals surface area contributed by atoms with E-state index < -0.39 is 0 Å². The molecule has 0 radical (unpaired) electrons. The van der Waals surface area contributed by atoms with Crippen LogP contribution in [0.1, 0.15) is 11.1 Å². The lowest BCUT2D eigenvalue weighted by atomic mass is 9.88. The van der Waals surface area contributed by atoms with Gasteiger partial charge < -0.3 is 4.42 Å². The number of rotatable bonds is 4. The molecule has 8 aromatic rings. The third kappa shape index (κ3) is 4.40. The summed E-state index contributed by atoms with van der Waals surface area (Å²) in [5.41, 5.74) is 10.3. The first-order chi connectivity index (χ1) is 23.1. The van der Waals surface area contributed by atoms with E-state index in [1.807, 2.05) is 60.7 Å². The van der Waals surface area contributed by atoms with Crippen LogP contribution in [0.3, 0.4) is 0 Å². The fourth-order valence-corrected chi connectivity index (χ4v) is 6.67. The minimum absolute atomic E-state index is 0.219.